The quantitative estimate of drug-likeness (QED) is 0.0650. The minimum atomic E-state index is -1.06. The van der Waals surface area contributed by atoms with Gasteiger partial charge in [0.2, 0.25) is 0 Å². The van der Waals surface area contributed by atoms with Crippen molar-refractivity contribution in [3.8, 4) is 23.0 Å². The topological polar surface area (TPSA) is 286 Å². The first kappa shape index (κ1) is 68.0. The van der Waals surface area contributed by atoms with Gasteiger partial charge in [-0.1, -0.05) is 39.3 Å². The fraction of sp³-hybridized carbons (Fsp3) is 0.521. The number of carboxylic acid groups (broad SMARTS) is 1. The number of esters is 2. The van der Waals surface area contributed by atoms with E-state index in [0.717, 1.165) is 31.9 Å². The molecule has 3 aliphatic rings. The third-order valence-electron chi connectivity index (χ3n) is 9.80. The molecule has 28 heteroatoms. The second-order valence-corrected chi connectivity index (χ2v) is 29.5. The van der Waals surface area contributed by atoms with Crippen molar-refractivity contribution in [2.24, 2.45) is 20.0 Å². The van der Waals surface area contributed by atoms with Crippen LogP contribution in [0.25, 0.3) is 0 Å². The van der Waals surface area contributed by atoms with Crippen molar-refractivity contribution in [1.82, 2.24) is 29.5 Å². The van der Waals surface area contributed by atoms with Crippen molar-refractivity contribution in [2.45, 2.75) is 84.3 Å². The van der Waals surface area contributed by atoms with Gasteiger partial charge in [-0.05, 0) is 61.3 Å². The van der Waals surface area contributed by atoms with Gasteiger partial charge in [-0.2, -0.15) is 5.10 Å². The number of hydrogen-bond donors (Lipinski definition) is 2. The summed E-state index contributed by atoms with van der Waals surface area (Å²) in [6.07, 6.45) is 9.00. The molecule has 2 aromatic carbocycles. The summed E-state index contributed by atoms with van der Waals surface area (Å²) >= 11 is 0. The van der Waals surface area contributed by atoms with Crippen LogP contribution in [-0.2, 0) is 43.8 Å². The van der Waals surface area contributed by atoms with Crippen LogP contribution in [0.4, 0.5) is 0 Å². The van der Waals surface area contributed by atoms with Gasteiger partial charge in [-0.25, -0.2) is 43.7 Å². The molecule has 0 amide bonds. The Balaban J connectivity index is 0.000000959. The number of hydrogen-bond acceptors (Lipinski definition) is 21. The zero-order valence-electron chi connectivity index (χ0n) is 46.7. The van der Waals surface area contributed by atoms with Crippen LogP contribution in [0.3, 0.4) is 0 Å². The zero-order chi connectivity index (χ0) is 54.4. The third-order valence-corrected chi connectivity index (χ3v) is 13.2. The van der Waals surface area contributed by atoms with Crippen molar-refractivity contribution in [3.63, 3.8) is 0 Å². The number of ether oxygens (including phenoxy) is 9. The summed E-state index contributed by atoms with van der Waals surface area (Å²) in [5, 5.41) is 25.6. The minimum absolute atomic E-state index is 0. The number of amidine groups is 2. The molecule has 0 aliphatic carbocycles. The first-order valence-corrected chi connectivity index (χ1v) is 31.0. The molecule has 411 valence electrons. The van der Waals surface area contributed by atoms with E-state index in [0.29, 0.717) is 79.2 Å². The van der Waals surface area contributed by atoms with E-state index in [1.807, 2.05) is 0 Å². The number of nitrogens with zero attached hydrogens (tertiary/aromatic N) is 10. The Morgan fingerprint density at radius 3 is 1.54 bits per heavy atom. The Morgan fingerprint density at radius 2 is 1.14 bits per heavy atom. The number of carbonyl (C=O) groups excluding carboxylic acids is 2. The van der Waals surface area contributed by atoms with E-state index in [-0.39, 0.29) is 59.9 Å². The van der Waals surface area contributed by atoms with E-state index in [1.165, 1.54) is 64.4 Å². The number of aromatic nitrogens is 6. The zero-order valence-corrected chi connectivity index (χ0v) is 47.7. The molecule has 3 radical (unpaired) electrons. The largest absolute Gasteiger partial charge is 1.00 e. The van der Waals surface area contributed by atoms with E-state index in [4.69, 9.17) is 43.4 Å². The summed E-state index contributed by atoms with van der Waals surface area (Å²) < 4.78 is 49.4. The summed E-state index contributed by atoms with van der Waals surface area (Å²) in [6.45, 7) is 19.6. The minimum Gasteiger partial charge on any atom is -1.00 e. The SMILES string of the molecule is C1CCOC1.COC(=O)c1ccc(OCC2=NCC=N2)c(OC)c1.COC(=O)c1ncn(COCC[Si](C)(C)C)n1.COc1cc(C(=O)O)ccc1OCC1=NCC=N1.C[Si](C)(C)CCOCn1cnc(CO)n1.[B].[H-].[Li+]. The molecule has 24 nitrogen and oxygen atoms in total. The van der Waals surface area contributed by atoms with E-state index in [1.54, 1.807) is 47.7 Å². The number of carbonyl (C=O) groups is 3. The van der Waals surface area contributed by atoms with Gasteiger partial charge in [-0.15, -0.1) is 5.10 Å². The van der Waals surface area contributed by atoms with Crippen molar-refractivity contribution in [3.05, 3.63) is 71.8 Å². The molecule has 2 N–H and O–H groups in total. The number of methoxy groups -OCH3 is 4. The maximum Gasteiger partial charge on any atom is 1.00 e. The van der Waals surface area contributed by atoms with Crippen LogP contribution in [0.5, 0.6) is 23.0 Å². The molecule has 0 bridgehead atoms. The number of aromatic carboxylic acids is 1. The number of aliphatic hydroxyl groups is 1. The molecule has 0 spiro atoms. The molecule has 1 saturated heterocycles. The number of aliphatic hydroxyl groups excluding tert-OH is 1. The average Bonchev–Trinajstić information content (AvgIpc) is 4.26. The molecule has 76 heavy (non-hydrogen) atoms. The van der Waals surface area contributed by atoms with E-state index < -0.39 is 34.1 Å². The molecular weight excluding hydrogens is 1010 g/mol. The van der Waals surface area contributed by atoms with Gasteiger partial charge in [0.25, 0.3) is 5.82 Å². The number of rotatable bonds is 22. The van der Waals surface area contributed by atoms with Crippen molar-refractivity contribution in [2.75, 3.05) is 81.2 Å². The molecule has 0 unspecified atom stereocenters. The van der Waals surface area contributed by atoms with Crippen LogP contribution >= 0.6 is 0 Å². The van der Waals surface area contributed by atoms with Crippen LogP contribution in [0.15, 0.2) is 69.0 Å². The number of aliphatic imine (C=N–C) groups is 4. The van der Waals surface area contributed by atoms with Crippen LogP contribution in [0.1, 0.15) is 51.4 Å². The van der Waals surface area contributed by atoms with E-state index >= 15 is 0 Å². The molecule has 1 fully saturated rings. The summed E-state index contributed by atoms with van der Waals surface area (Å²) in [5.41, 5.74) is 0.554. The summed E-state index contributed by atoms with van der Waals surface area (Å²) in [7, 11) is 3.53. The number of benzene rings is 2. The summed E-state index contributed by atoms with van der Waals surface area (Å²) in [6, 6.07) is 11.5. The fourth-order valence-electron chi connectivity index (χ4n) is 5.66. The van der Waals surface area contributed by atoms with Gasteiger partial charge in [0.15, 0.2) is 40.5 Å². The molecule has 0 saturated carbocycles. The Morgan fingerprint density at radius 1 is 0.671 bits per heavy atom. The van der Waals surface area contributed by atoms with Gasteiger partial charge in [0.1, 0.15) is 45.9 Å². The Hall–Kier alpha value is -6.05. The van der Waals surface area contributed by atoms with Crippen LogP contribution in [0.2, 0.25) is 51.4 Å². The van der Waals surface area contributed by atoms with Crippen LogP contribution < -0.4 is 37.8 Å². The van der Waals surface area contributed by atoms with Gasteiger partial charge in [0.05, 0.1) is 52.7 Å². The van der Waals surface area contributed by atoms with Gasteiger partial charge in [-0.3, -0.25) is 9.98 Å². The van der Waals surface area contributed by atoms with E-state index in [9.17, 15) is 14.4 Å². The van der Waals surface area contributed by atoms with Gasteiger partial charge >= 0.3 is 36.8 Å². The first-order chi connectivity index (χ1) is 35.4. The molecular formula is C48H73BLiN10O14Si2. The second-order valence-electron chi connectivity index (χ2n) is 18.2. The number of carboxylic acids is 1. The van der Waals surface area contributed by atoms with Crippen molar-refractivity contribution in [1.29, 1.82) is 0 Å². The monoisotopic (exact) mass is 1090 g/mol. The van der Waals surface area contributed by atoms with E-state index in [2.05, 4.69) is 88.9 Å². The molecule has 7 rings (SSSR count). The fourth-order valence-corrected chi connectivity index (χ4v) is 7.17. The van der Waals surface area contributed by atoms with Crippen LogP contribution in [0, 0.1) is 0 Å². The summed E-state index contributed by atoms with van der Waals surface area (Å²) in [5.74, 6) is 1.60. The maximum absolute atomic E-state index is 11.4. The van der Waals surface area contributed by atoms with Crippen LogP contribution in [-0.4, -0.2) is 187 Å². The van der Waals surface area contributed by atoms with Crippen molar-refractivity contribution < 1.29 is 87.5 Å². The third kappa shape index (κ3) is 27.6. The van der Waals surface area contributed by atoms with Gasteiger partial charge in [0, 0.05) is 63.4 Å². The molecule has 5 heterocycles. The Bertz CT molecular complexity index is 2480. The predicted octanol–water partition coefficient (Wildman–Crippen LogP) is 2.59. The standard InChI is InChI=1S/C13H14N2O4.C12H12N2O4.C10H19N3O3Si.C9H19N3O2Si.C4H8O.B.Li.H/c1-17-11-7-9(13(16)18-2)3-4-10(11)19-8-12-14-5-6-15-12;1-17-10-6-8(12(15)16)2-3-9(10)18-7-11-13-4-5-14-11;1-15-10(14)9-11-7-13(12-9)8-16-5-6-17(2,3)4;1-15(2,3)5-4-14-8-12-7-10-9(6-13)11-12;1-2-4-5-3-1;;;/h3-5,7H,6,8H2,1-2H3;2-4,6H,5,7H2,1H3,(H,15,16);7H,5-6,8H2,1-4H3;7,13H,4-6,8H2,1-3H3;1-4H2;;;/q;;;;;;+1;-1. The second kappa shape index (κ2) is 36.8. The smallest absolute Gasteiger partial charge is 1.00 e. The molecule has 0 atom stereocenters. The predicted molar refractivity (Wildman–Crippen MR) is 289 cm³/mol. The average molecular weight is 1090 g/mol. The molecule has 4 aromatic rings. The Labute approximate surface area is 461 Å². The normalized spacial score (nSPS) is 12.9. The van der Waals surface area contributed by atoms with Crippen molar-refractivity contribution >= 4 is 66.6 Å². The first-order valence-electron chi connectivity index (χ1n) is 23.6. The Kier molecular flexibility index (Phi) is 32.9. The summed E-state index contributed by atoms with van der Waals surface area (Å²) in [4.78, 5) is 57.3. The maximum atomic E-state index is 11.4. The van der Waals surface area contributed by atoms with Gasteiger partial charge < -0.3 is 54.3 Å². The molecule has 3 aliphatic heterocycles. The molecule has 2 aromatic heterocycles.